The third kappa shape index (κ3) is 4.50. The van der Waals surface area contributed by atoms with Crippen LogP contribution >= 0.6 is 15.9 Å². The van der Waals surface area contributed by atoms with Gasteiger partial charge in [0.15, 0.2) is 0 Å². The molecular weight excluding hydrogens is 314 g/mol. The first-order chi connectivity index (χ1) is 9.51. The Kier molecular flexibility index (Phi) is 7.04. The Morgan fingerprint density at radius 1 is 1.35 bits per heavy atom. The lowest BCUT2D eigenvalue weighted by Gasteiger charge is -2.32. The van der Waals surface area contributed by atoms with E-state index in [4.69, 9.17) is 5.26 Å². The van der Waals surface area contributed by atoms with Crippen LogP contribution < -0.4 is 10.2 Å². The number of nitrogens with zero attached hydrogens (tertiary/aromatic N) is 2. The molecule has 0 radical (unpaired) electrons. The van der Waals surface area contributed by atoms with E-state index in [0.717, 1.165) is 17.6 Å². The number of benzene rings is 1. The molecule has 0 heterocycles. The van der Waals surface area contributed by atoms with Crippen LogP contribution in [0.2, 0.25) is 0 Å². The molecular formula is C16H24BrN3. The topological polar surface area (TPSA) is 39.1 Å². The van der Waals surface area contributed by atoms with Gasteiger partial charge in [-0.15, -0.1) is 0 Å². The minimum atomic E-state index is 0.298. The molecule has 20 heavy (non-hydrogen) atoms. The third-order valence-electron chi connectivity index (χ3n) is 3.37. The first-order valence-electron chi connectivity index (χ1n) is 7.17. The number of rotatable bonds is 7. The Hall–Kier alpha value is -1.05. The molecule has 0 saturated carbocycles. The van der Waals surface area contributed by atoms with E-state index >= 15 is 0 Å². The van der Waals surface area contributed by atoms with Gasteiger partial charge in [0.1, 0.15) is 0 Å². The SMILES string of the molecule is CCNC(C)c1ccc(Br)cc1N(CCC#N)C(C)C. The molecule has 0 bridgehead atoms. The van der Waals surface area contributed by atoms with Crippen LogP contribution in [0.5, 0.6) is 0 Å². The summed E-state index contributed by atoms with van der Waals surface area (Å²) in [6.07, 6.45) is 0.541. The van der Waals surface area contributed by atoms with E-state index in [0.29, 0.717) is 18.5 Å². The van der Waals surface area contributed by atoms with Crippen molar-refractivity contribution in [2.24, 2.45) is 0 Å². The van der Waals surface area contributed by atoms with Crippen molar-refractivity contribution in [2.75, 3.05) is 18.0 Å². The molecule has 1 unspecified atom stereocenters. The van der Waals surface area contributed by atoms with Gasteiger partial charge in [0.2, 0.25) is 0 Å². The van der Waals surface area contributed by atoms with Crippen LogP contribution in [0.15, 0.2) is 22.7 Å². The van der Waals surface area contributed by atoms with Crippen LogP contribution in [0, 0.1) is 11.3 Å². The first-order valence-corrected chi connectivity index (χ1v) is 7.97. The van der Waals surface area contributed by atoms with Crippen molar-refractivity contribution < 1.29 is 0 Å². The van der Waals surface area contributed by atoms with Crippen molar-refractivity contribution in [3.05, 3.63) is 28.2 Å². The summed E-state index contributed by atoms with van der Waals surface area (Å²) in [5.41, 5.74) is 2.49. The quantitative estimate of drug-likeness (QED) is 0.808. The number of hydrogen-bond donors (Lipinski definition) is 1. The van der Waals surface area contributed by atoms with E-state index < -0.39 is 0 Å². The zero-order chi connectivity index (χ0) is 15.1. The number of nitriles is 1. The Labute approximate surface area is 131 Å². The van der Waals surface area contributed by atoms with Gasteiger partial charge in [0.05, 0.1) is 12.5 Å². The highest BCUT2D eigenvalue weighted by Crippen LogP contribution is 2.31. The Morgan fingerprint density at radius 3 is 2.60 bits per heavy atom. The summed E-state index contributed by atoms with van der Waals surface area (Å²) >= 11 is 3.56. The van der Waals surface area contributed by atoms with Crippen molar-refractivity contribution >= 4 is 21.6 Å². The molecule has 0 aromatic heterocycles. The molecule has 1 atom stereocenters. The zero-order valence-corrected chi connectivity index (χ0v) is 14.4. The standard InChI is InChI=1S/C16H24BrN3/c1-5-19-13(4)15-8-7-14(17)11-16(15)20(12(2)3)10-6-9-18/h7-8,11-13,19H,5-6,10H2,1-4H3. The molecule has 0 amide bonds. The van der Waals surface area contributed by atoms with E-state index in [9.17, 15) is 0 Å². The fraction of sp³-hybridized carbons (Fsp3) is 0.562. The van der Waals surface area contributed by atoms with Gasteiger partial charge < -0.3 is 10.2 Å². The van der Waals surface area contributed by atoms with Crippen molar-refractivity contribution in [3.63, 3.8) is 0 Å². The fourth-order valence-electron chi connectivity index (χ4n) is 2.38. The lowest BCUT2D eigenvalue weighted by Crippen LogP contribution is -2.33. The normalized spacial score (nSPS) is 12.2. The Morgan fingerprint density at radius 2 is 2.05 bits per heavy atom. The van der Waals surface area contributed by atoms with E-state index in [1.54, 1.807) is 0 Å². The maximum atomic E-state index is 8.86. The van der Waals surface area contributed by atoms with Gasteiger partial charge in [0, 0.05) is 28.8 Å². The second-order valence-corrected chi connectivity index (χ2v) is 6.09. The monoisotopic (exact) mass is 337 g/mol. The minimum absolute atomic E-state index is 0.298. The molecule has 0 aliphatic heterocycles. The summed E-state index contributed by atoms with van der Waals surface area (Å²) in [4.78, 5) is 2.30. The van der Waals surface area contributed by atoms with E-state index in [1.165, 1.54) is 11.3 Å². The zero-order valence-electron chi connectivity index (χ0n) is 12.8. The van der Waals surface area contributed by atoms with Gasteiger partial charge in [-0.3, -0.25) is 0 Å². The summed E-state index contributed by atoms with van der Waals surface area (Å²) in [6, 6.07) is 9.30. The number of anilines is 1. The van der Waals surface area contributed by atoms with Crippen LogP contribution in [0.1, 0.15) is 45.7 Å². The lowest BCUT2D eigenvalue weighted by atomic mass is 10.0. The second-order valence-electron chi connectivity index (χ2n) is 5.18. The maximum absolute atomic E-state index is 8.86. The molecule has 1 N–H and O–H groups in total. The number of halogens is 1. The molecule has 0 spiro atoms. The fourth-order valence-corrected chi connectivity index (χ4v) is 2.72. The average molecular weight is 338 g/mol. The number of hydrogen-bond acceptors (Lipinski definition) is 3. The van der Waals surface area contributed by atoms with Crippen molar-refractivity contribution in [1.29, 1.82) is 5.26 Å². The summed E-state index contributed by atoms with van der Waals surface area (Å²) in [5, 5.41) is 12.3. The second kappa shape index (κ2) is 8.28. The van der Waals surface area contributed by atoms with Crippen molar-refractivity contribution in [1.82, 2.24) is 5.32 Å². The highest BCUT2D eigenvalue weighted by atomic mass is 79.9. The first kappa shape index (κ1) is 17.0. The minimum Gasteiger partial charge on any atom is -0.368 e. The summed E-state index contributed by atoms with van der Waals surface area (Å²) < 4.78 is 1.07. The molecule has 0 fully saturated rings. The van der Waals surface area contributed by atoms with Gasteiger partial charge in [-0.05, 0) is 45.0 Å². The van der Waals surface area contributed by atoms with Gasteiger partial charge in [0.25, 0.3) is 0 Å². The highest BCUT2D eigenvalue weighted by Gasteiger charge is 2.17. The molecule has 0 aliphatic carbocycles. The van der Waals surface area contributed by atoms with Crippen LogP contribution in [0.3, 0.4) is 0 Å². The van der Waals surface area contributed by atoms with Crippen LogP contribution in [0.25, 0.3) is 0 Å². The largest absolute Gasteiger partial charge is 0.368 e. The summed E-state index contributed by atoms with van der Waals surface area (Å²) in [7, 11) is 0. The Balaban J connectivity index is 3.17. The van der Waals surface area contributed by atoms with Crippen LogP contribution in [0.4, 0.5) is 5.69 Å². The molecule has 1 rings (SSSR count). The van der Waals surface area contributed by atoms with E-state index in [2.05, 4.69) is 78.1 Å². The summed E-state index contributed by atoms with van der Waals surface area (Å²) in [5.74, 6) is 0. The smallest absolute Gasteiger partial charge is 0.0640 e. The van der Waals surface area contributed by atoms with Crippen molar-refractivity contribution in [2.45, 2.75) is 46.2 Å². The van der Waals surface area contributed by atoms with Gasteiger partial charge in [-0.25, -0.2) is 0 Å². The van der Waals surface area contributed by atoms with Gasteiger partial charge >= 0.3 is 0 Å². The maximum Gasteiger partial charge on any atom is 0.0640 e. The lowest BCUT2D eigenvalue weighted by molar-refractivity contribution is 0.590. The number of nitrogens with one attached hydrogen (secondary N) is 1. The van der Waals surface area contributed by atoms with E-state index in [-0.39, 0.29) is 0 Å². The molecule has 4 heteroatoms. The predicted octanol–water partition coefficient (Wildman–Crippen LogP) is 4.25. The van der Waals surface area contributed by atoms with Gasteiger partial charge in [-0.2, -0.15) is 5.26 Å². The molecule has 1 aromatic carbocycles. The van der Waals surface area contributed by atoms with Crippen molar-refractivity contribution in [3.8, 4) is 6.07 Å². The molecule has 110 valence electrons. The predicted molar refractivity (Wildman–Crippen MR) is 88.9 cm³/mol. The third-order valence-corrected chi connectivity index (χ3v) is 3.86. The molecule has 0 saturated heterocycles. The highest BCUT2D eigenvalue weighted by molar-refractivity contribution is 9.10. The Bertz CT molecular complexity index is 465. The van der Waals surface area contributed by atoms with Gasteiger partial charge in [-0.1, -0.05) is 28.9 Å². The average Bonchev–Trinajstić information content (AvgIpc) is 2.39. The van der Waals surface area contributed by atoms with Crippen LogP contribution in [-0.4, -0.2) is 19.1 Å². The van der Waals surface area contributed by atoms with Crippen LogP contribution in [-0.2, 0) is 0 Å². The molecule has 1 aromatic rings. The molecule has 3 nitrogen and oxygen atoms in total. The molecule has 0 aliphatic rings. The van der Waals surface area contributed by atoms with E-state index in [1.807, 2.05) is 0 Å². The summed E-state index contributed by atoms with van der Waals surface area (Å²) in [6.45, 7) is 10.3.